The van der Waals surface area contributed by atoms with Gasteiger partial charge in [-0.15, -0.1) is 0 Å². The van der Waals surface area contributed by atoms with Crippen molar-refractivity contribution in [2.45, 2.75) is 33.2 Å². The third kappa shape index (κ3) is 4.72. The van der Waals surface area contributed by atoms with E-state index in [1.165, 1.54) is 4.31 Å². The summed E-state index contributed by atoms with van der Waals surface area (Å²) < 4.78 is 31.7. The average Bonchev–Trinajstić information content (AvgIpc) is 2.68. The lowest BCUT2D eigenvalue weighted by Gasteiger charge is -2.28. The number of hydrogen-bond acceptors (Lipinski definition) is 4. The van der Waals surface area contributed by atoms with Crippen molar-refractivity contribution in [1.29, 1.82) is 0 Å². The fraction of sp³-hybridized carbons (Fsp3) is 0.381. The second kappa shape index (κ2) is 8.75. The SMILES string of the molecule is CCCS(=O)(=O)N1CCc2ccc(NC(=O)c3ccc(OCC)cc3)cc2C1. The van der Waals surface area contributed by atoms with Crippen LogP contribution >= 0.6 is 0 Å². The van der Waals surface area contributed by atoms with E-state index in [9.17, 15) is 13.2 Å². The van der Waals surface area contributed by atoms with Crippen LogP contribution < -0.4 is 10.1 Å². The molecule has 1 aliphatic rings. The van der Waals surface area contributed by atoms with Crippen molar-refractivity contribution in [3.8, 4) is 5.75 Å². The normalized spacial score (nSPS) is 14.4. The summed E-state index contributed by atoms with van der Waals surface area (Å²) in [6, 6.07) is 12.7. The molecule has 7 heteroatoms. The number of carbonyl (C=O) groups excluding carboxylic acids is 1. The number of carbonyl (C=O) groups is 1. The summed E-state index contributed by atoms with van der Waals surface area (Å²) in [4.78, 5) is 12.5. The van der Waals surface area contributed by atoms with E-state index in [0.717, 1.165) is 16.9 Å². The number of amides is 1. The van der Waals surface area contributed by atoms with Crippen molar-refractivity contribution >= 4 is 21.6 Å². The summed E-state index contributed by atoms with van der Waals surface area (Å²) in [5.74, 6) is 0.673. The molecule has 0 saturated carbocycles. The van der Waals surface area contributed by atoms with E-state index in [1.54, 1.807) is 24.3 Å². The van der Waals surface area contributed by atoms with Crippen LogP contribution in [-0.4, -0.2) is 37.5 Å². The molecule has 0 fully saturated rings. The molecule has 0 spiro atoms. The monoisotopic (exact) mass is 402 g/mol. The third-order valence-electron chi connectivity index (χ3n) is 4.72. The van der Waals surface area contributed by atoms with Crippen LogP contribution in [0.1, 0.15) is 41.8 Å². The molecule has 0 atom stereocenters. The topological polar surface area (TPSA) is 75.7 Å². The molecule has 150 valence electrons. The van der Waals surface area contributed by atoms with E-state index in [0.29, 0.717) is 43.8 Å². The zero-order valence-electron chi connectivity index (χ0n) is 16.3. The lowest BCUT2D eigenvalue weighted by Crippen LogP contribution is -2.37. The molecule has 28 heavy (non-hydrogen) atoms. The predicted octanol–water partition coefficient (Wildman–Crippen LogP) is 3.44. The van der Waals surface area contributed by atoms with Gasteiger partial charge in [0.15, 0.2) is 0 Å². The number of nitrogens with zero attached hydrogens (tertiary/aromatic N) is 1. The molecular formula is C21H26N2O4S. The minimum atomic E-state index is -3.23. The number of ether oxygens (including phenoxy) is 1. The van der Waals surface area contributed by atoms with Crippen LogP contribution in [0.3, 0.4) is 0 Å². The summed E-state index contributed by atoms with van der Waals surface area (Å²) in [5, 5.41) is 2.89. The Bertz CT molecular complexity index is 939. The van der Waals surface area contributed by atoms with Crippen LogP contribution in [0.5, 0.6) is 5.75 Å². The Balaban J connectivity index is 1.72. The lowest BCUT2D eigenvalue weighted by molar-refractivity contribution is 0.102. The van der Waals surface area contributed by atoms with Crippen molar-refractivity contribution in [1.82, 2.24) is 4.31 Å². The van der Waals surface area contributed by atoms with Crippen LogP contribution in [0, 0.1) is 0 Å². The Morgan fingerprint density at radius 3 is 2.54 bits per heavy atom. The van der Waals surface area contributed by atoms with Gasteiger partial charge >= 0.3 is 0 Å². The van der Waals surface area contributed by atoms with Crippen molar-refractivity contribution in [3.63, 3.8) is 0 Å². The molecule has 1 aliphatic heterocycles. The van der Waals surface area contributed by atoms with E-state index >= 15 is 0 Å². The Morgan fingerprint density at radius 2 is 1.86 bits per heavy atom. The van der Waals surface area contributed by atoms with E-state index in [4.69, 9.17) is 4.74 Å². The fourth-order valence-electron chi connectivity index (χ4n) is 3.31. The first kappa shape index (κ1) is 20.4. The number of nitrogens with one attached hydrogen (secondary N) is 1. The second-order valence-electron chi connectivity index (χ2n) is 6.79. The largest absolute Gasteiger partial charge is 0.494 e. The second-order valence-corrected chi connectivity index (χ2v) is 8.88. The maximum Gasteiger partial charge on any atom is 0.255 e. The van der Waals surface area contributed by atoms with E-state index in [2.05, 4.69) is 5.32 Å². The van der Waals surface area contributed by atoms with Gasteiger partial charge in [0.25, 0.3) is 5.91 Å². The highest BCUT2D eigenvalue weighted by molar-refractivity contribution is 7.89. The fourth-order valence-corrected chi connectivity index (χ4v) is 4.79. The minimum Gasteiger partial charge on any atom is -0.494 e. The van der Waals surface area contributed by atoms with Crippen LogP contribution in [0.25, 0.3) is 0 Å². The summed E-state index contributed by atoms with van der Waals surface area (Å²) >= 11 is 0. The Morgan fingerprint density at radius 1 is 1.11 bits per heavy atom. The number of anilines is 1. The van der Waals surface area contributed by atoms with Gasteiger partial charge in [-0.3, -0.25) is 4.79 Å². The Kier molecular flexibility index (Phi) is 6.36. The predicted molar refractivity (Wildman–Crippen MR) is 110 cm³/mol. The quantitative estimate of drug-likeness (QED) is 0.770. The highest BCUT2D eigenvalue weighted by Gasteiger charge is 2.26. The number of rotatable bonds is 7. The molecule has 3 rings (SSSR count). The van der Waals surface area contributed by atoms with Gasteiger partial charge in [0.05, 0.1) is 12.4 Å². The smallest absolute Gasteiger partial charge is 0.255 e. The van der Waals surface area contributed by atoms with Gasteiger partial charge in [0, 0.05) is 24.3 Å². The van der Waals surface area contributed by atoms with Gasteiger partial charge in [-0.05, 0) is 67.3 Å². The van der Waals surface area contributed by atoms with Crippen molar-refractivity contribution in [3.05, 3.63) is 59.2 Å². The van der Waals surface area contributed by atoms with Crippen LogP contribution in [0.4, 0.5) is 5.69 Å². The Labute approximate surface area is 166 Å². The van der Waals surface area contributed by atoms with Gasteiger partial charge in [-0.25, -0.2) is 8.42 Å². The Hall–Kier alpha value is -2.38. The highest BCUT2D eigenvalue weighted by atomic mass is 32.2. The van der Waals surface area contributed by atoms with Crippen LogP contribution in [0.15, 0.2) is 42.5 Å². The first-order valence-corrected chi connectivity index (χ1v) is 11.2. The van der Waals surface area contributed by atoms with E-state index in [1.807, 2.05) is 32.0 Å². The van der Waals surface area contributed by atoms with Crippen LogP contribution in [-0.2, 0) is 23.0 Å². The molecule has 0 aliphatic carbocycles. The number of benzene rings is 2. The van der Waals surface area contributed by atoms with Gasteiger partial charge in [0.2, 0.25) is 10.0 Å². The molecule has 1 N–H and O–H groups in total. The number of hydrogen-bond donors (Lipinski definition) is 1. The van der Waals surface area contributed by atoms with E-state index < -0.39 is 10.0 Å². The lowest BCUT2D eigenvalue weighted by atomic mass is 10.0. The van der Waals surface area contributed by atoms with Gasteiger partial charge < -0.3 is 10.1 Å². The number of fused-ring (bicyclic) bond motifs is 1. The highest BCUT2D eigenvalue weighted by Crippen LogP contribution is 2.25. The standard InChI is InChI=1S/C21H26N2O4S/c1-3-13-28(25,26)23-12-11-16-5-8-19(14-18(16)15-23)22-21(24)17-6-9-20(10-7-17)27-4-2/h5-10,14H,3-4,11-13,15H2,1-2H3,(H,22,24). The van der Waals surface area contributed by atoms with Gasteiger partial charge in [0.1, 0.15) is 5.75 Å². The molecule has 2 aromatic carbocycles. The summed E-state index contributed by atoms with van der Waals surface area (Å²) in [6.07, 6.45) is 1.29. The van der Waals surface area contributed by atoms with Crippen LogP contribution in [0.2, 0.25) is 0 Å². The summed E-state index contributed by atoms with van der Waals surface area (Å²) in [7, 11) is -3.23. The zero-order chi connectivity index (χ0) is 20.1. The molecule has 0 radical (unpaired) electrons. The summed E-state index contributed by atoms with van der Waals surface area (Å²) in [6.45, 7) is 5.21. The molecule has 0 unspecified atom stereocenters. The van der Waals surface area contributed by atoms with Crippen molar-refractivity contribution in [2.75, 3.05) is 24.2 Å². The molecule has 0 saturated heterocycles. The van der Waals surface area contributed by atoms with Gasteiger partial charge in [-0.2, -0.15) is 4.31 Å². The molecular weight excluding hydrogens is 376 g/mol. The third-order valence-corrected chi connectivity index (χ3v) is 6.75. The molecule has 6 nitrogen and oxygen atoms in total. The molecule has 0 aromatic heterocycles. The first-order valence-electron chi connectivity index (χ1n) is 9.56. The maximum atomic E-state index is 12.5. The average molecular weight is 403 g/mol. The molecule has 2 aromatic rings. The first-order chi connectivity index (χ1) is 13.4. The van der Waals surface area contributed by atoms with Gasteiger partial charge in [-0.1, -0.05) is 13.0 Å². The minimum absolute atomic E-state index is 0.163. The molecule has 0 bridgehead atoms. The van der Waals surface area contributed by atoms with E-state index in [-0.39, 0.29) is 11.7 Å². The maximum absolute atomic E-state index is 12.5. The molecule has 1 heterocycles. The number of sulfonamides is 1. The van der Waals surface area contributed by atoms with Crippen molar-refractivity contribution in [2.24, 2.45) is 0 Å². The molecule has 1 amide bonds. The zero-order valence-corrected chi connectivity index (χ0v) is 17.1. The summed E-state index contributed by atoms with van der Waals surface area (Å²) in [5.41, 5.74) is 3.26. The van der Waals surface area contributed by atoms with Crippen molar-refractivity contribution < 1.29 is 17.9 Å².